The highest BCUT2D eigenvalue weighted by Crippen LogP contribution is 2.31. The maximum atomic E-state index is 5.87. The van der Waals surface area contributed by atoms with E-state index < -0.39 is 0 Å². The molecular formula is C17H22N2O2. The standard InChI is InChI=1S/C17H22N2O2/c1-12-5-8-15(20-2)14(10-12)16-11-19-17(21-16)4-3-9-18-13-6-7-13/h5,8,10-11,13,18H,3-4,6-7,9H2,1-2H3. The van der Waals surface area contributed by atoms with Gasteiger partial charge in [-0.25, -0.2) is 4.98 Å². The molecule has 4 nitrogen and oxygen atoms in total. The number of rotatable bonds is 7. The number of nitrogens with zero attached hydrogens (tertiary/aromatic N) is 1. The summed E-state index contributed by atoms with van der Waals surface area (Å²) in [6.45, 7) is 3.10. The largest absolute Gasteiger partial charge is 0.496 e. The van der Waals surface area contributed by atoms with Crippen LogP contribution in [0, 0.1) is 6.92 Å². The van der Waals surface area contributed by atoms with E-state index in [4.69, 9.17) is 9.15 Å². The molecule has 1 N–H and O–H groups in total. The zero-order valence-electron chi connectivity index (χ0n) is 12.7. The molecular weight excluding hydrogens is 264 g/mol. The van der Waals surface area contributed by atoms with Crippen LogP contribution in [0.4, 0.5) is 0 Å². The monoisotopic (exact) mass is 286 g/mol. The molecule has 2 aromatic rings. The molecule has 1 aromatic carbocycles. The minimum absolute atomic E-state index is 0.765. The first-order chi connectivity index (χ1) is 10.3. The fourth-order valence-electron chi connectivity index (χ4n) is 2.40. The molecule has 4 heteroatoms. The lowest BCUT2D eigenvalue weighted by Gasteiger charge is -2.06. The summed E-state index contributed by atoms with van der Waals surface area (Å²) in [5, 5.41) is 3.50. The van der Waals surface area contributed by atoms with Gasteiger partial charge >= 0.3 is 0 Å². The van der Waals surface area contributed by atoms with Crippen molar-refractivity contribution in [3.63, 3.8) is 0 Å². The molecule has 1 heterocycles. The average Bonchev–Trinajstić information content (AvgIpc) is 3.20. The molecule has 21 heavy (non-hydrogen) atoms. The first-order valence-electron chi connectivity index (χ1n) is 7.59. The molecule has 0 radical (unpaired) electrons. The van der Waals surface area contributed by atoms with E-state index in [1.165, 1.54) is 18.4 Å². The van der Waals surface area contributed by atoms with Crippen LogP contribution in [0.2, 0.25) is 0 Å². The summed E-state index contributed by atoms with van der Waals surface area (Å²) >= 11 is 0. The van der Waals surface area contributed by atoms with E-state index in [9.17, 15) is 0 Å². The van der Waals surface area contributed by atoms with Crippen LogP contribution < -0.4 is 10.1 Å². The Bertz CT molecular complexity index is 603. The zero-order chi connectivity index (χ0) is 14.7. The van der Waals surface area contributed by atoms with Crippen molar-refractivity contribution in [1.29, 1.82) is 0 Å². The SMILES string of the molecule is COc1ccc(C)cc1-c1cnc(CCCNC2CC2)o1. The summed E-state index contributed by atoms with van der Waals surface area (Å²) in [5.41, 5.74) is 2.14. The van der Waals surface area contributed by atoms with Gasteiger partial charge in [0, 0.05) is 12.5 Å². The number of benzene rings is 1. The predicted octanol–water partition coefficient (Wildman–Crippen LogP) is 3.34. The first kappa shape index (κ1) is 14.1. The second-order valence-corrected chi connectivity index (χ2v) is 5.65. The van der Waals surface area contributed by atoms with Crippen LogP contribution in [0.3, 0.4) is 0 Å². The van der Waals surface area contributed by atoms with Crippen molar-refractivity contribution >= 4 is 0 Å². The molecule has 1 saturated carbocycles. The van der Waals surface area contributed by atoms with Gasteiger partial charge in [0.25, 0.3) is 0 Å². The minimum Gasteiger partial charge on any atom is -0.496 e. The fourth-order valence-corrected chi connectivity index (χ4v) is 2.40. The lowest BCUT2D eigenvalue weighted by molar-refractivity contribution is 0.413. The number of aryl methyl sites for hydroxylation is 2. The number of nitrogens with one attached hydrogen (secondary N) is 1. The summed E-state index contributed by atoms with van der Waals surface area (Å²) in [7, 11) is 1.68. The predicted molar refractivity (Wildman–Crippen MR) is 82.6 cm³/mol. The van der Waals surface area contributed by atoms with Crippen LogP contribution in [-0.4, -0.2) is 24.7 Å². The van der Waals surface area contributed by atoms with Crippen LogP contribution in [0.5, 0.6) is 5.75 Å². The van der Waals surface area contributed by atoms with Gasteiger partial charge in [-0.3, -0.25) is 0 Å². The van der Waals surface area contributed by atoms with Crippen LogP contribution in [0.25, 0.3) is 11.3 Å². The van der Waals surface area contributed by atoms with Gasteiger partial charge in [0.05, 0.1) is 18.9 Å². The number of hydrogen-bond donors (Lipinski definition) is 1. The van der Waals surface area contributed by atoms with E-state index >= 15 is 0 Å². The summed E-state index contributed by atoms with van der Waals surface area (Å²) in [4.78, 5) is 4.38. The average molecular weight is 286 g/mol. The highest BCUT2D eigenvalue weighted by atomic mass is 16.5. The fraction of sp³-hybridized carbons (Fsp3) is 0.471. The van der Waals surface area contributed by atoms with E-state index in [-0.39, 0.29) is 0 Å². The maximum Gasteiger partial charge on any atom is 0.194 e. The Kier molecular flexibility index (Phi) is 4.25. The second kappa shape index (κ2) is 6.31. The minimum atomic E-state index is 0.765. The molecule has 0 amide bonds. The number of methoxy groups -OCH3 is 1. The van der Waals surface area contributed by atoms with Crippen molar-refractivity contribution in [3.05, 3.63) is 35.9 Å². The maximum absolute atomic E-state index is 5.87. The molecule has 0 unspecified atom stereocenters. The van der Waals surface area contributed by atoms with Crippen molar-refractivity contribution in [2.75, 3.05) is 13.7 Å². The molecule has 0 saturated heterocycles. The Morgan fingerprint density at radius 1 is 1.38 bits per heavy atom. The van der Waals surface area contributed by atoms with Crippen LogP contribution in [-0.2, 0) is 6.42 Å². The smallest absolute Gasteiger partial charge is 0.194 e. The Balaban J connectivity index is 1.64. The van der Waals surface area contributed by atoms with E-state index in [1.54, 1.807) is 13.3 Å². The highest BCUT2D eigenvalue weighted by molar-refractivity contribution is 5.66. The number of oxazole rings is 1. The molecule has 0 bridgehead atoms. The Morgan fingerprint density at radius 2 is 2.24 bits per heavy atom. The van der Waals surface area contributed by atoms with Crippen molar-refractivity contribution in [3.8, 4) is 17.1 Å². The lowest BCUT2D eigenvalue weighted by atomic mass is 10.1. The third-order valence-corrected chi connectivity index (χ3v) is 3.75. The highest BCUT2D eigenvalue weighted by Gasteiger charge is 2.19. The second-order valence-electron chi connectivity index (χ2n) is 5.65. The molecule has 1 aliphatic rings. The van der Waals surface area contributed by atoms with Gasteiger partial charge < -0.3 is 14.5 Å². The summed E-state index contributed by atoms with van der Waals surface area (Å²) in [5.74, 6) is 2.39. The Labute approximate surface area is 125 Å². The van der Waals surface area contributed by atoms with Gasteiger partial charge in [0.15, 0.2) is 11.7 Å². The van der Waals surface area contributed by atoms with Crippen molar-refractivity contribution in [1.82, 2.24) is 10.3 Å². The van der Waals surface area contributed by atoms with Gasteiger partial charge in [0.1, 0.15) is 5.75 Å². The molecule has 1 aliphatic carbocycles. The normalized spacial score (nSPS) is 14.4. The quantitative estimate of drug-likeness (QED) is 0.793. The first-order valence-corrected chi connectivity index (χ1v) is 7.59. The summed E-state index contributed by atoms with van der Waals surface area (Å²) < 4.78 is 11.3. The molecule has 112 valence electrons. The van der Waals surface area contributed by atoms with Gasteiger partial charge in [-0.2, -0.15) is 0 Å². The Morgan fingerprint density at radius 3 is 3.00 bits per heavy atom. The van der Waals surface area contributed by atoms with Gasteiger partial charge in [-0.15, -0.1) is 0 Å². The molecule has 0 aliphatic heterocycles. The van der Waals surface area contributed by atoms with Gasteiger partial charge in [0.2, 0.25) is 0 Å². The third kappa shape index (κ3) is 3.64. The van der Waals surface area contributed by atoms with Crippen LogP contribution >= 0.6 is 0 Å². The van der Waals surface area contributed by atoms with E-state index in [2.05, 4.69) is 23.3 Å². The Hall–Kier alpha value is -1.81. The molecule has 0 spiro atoms. The molecule has 1 aromatic heterocycles. The number of ether oxygens (including phenoxy) is 1. The summed E-state index contributed by atoms with van der Waals surface area (Å²) in [6, 6.07) is 6.83. The molecule has 1 fully saturated rings. The van der Waals surface area contributed by atoms with Crippen LogP contribution in [0.1, 0.15) is 30.7 Å². The van der Waals surface area contributed by atoms with Crippen molar-refractivity contribution in [2.24, 2.45) is 0 Å². The van der Waals surface area contributed by atoms with Crippen LogP contribution in [0.15, 0.2) is 28.8 Å². The van der Waals surface area contributed by atoms with Crippen molar-refractivity contribution < 1.29 is 9.15 Å². The van der Waals surface area contributed by atoms with Gasteiger partial charge in [-0.05, 0) is 44.9 Å². The van der Waals surface area contributed by atoms with E-state index in [0.717, 1.165) is 48.4 Å². The number of aromatic nitrogens is 1. The van der Waals surface area contributed by atoms with E-state index in [1.807, 2.05) is 12.1 Å². The summed E-state index contributed by atoms with van der Waals surface area (Å²) in [6.07, 6.45) is 6.38. The van der Waals surface area contributed by atoms with Gasteiger partial charge in [-0.1, -0.05) is 11.6 Å². The lowest BCUT2D eigenvalue weighted by Crippen LogP contribution is -2.17. The topological polar surface area (TPSA) is 47.3 Å². The third-order valence-electron chi connectivity index (χ3n) is 3.75. The number of hydrogen-bond acceptors (Lipinski definition) is 4. The zero-order valence-corrected chi connectivity index (χ0v) is 12.7. The molecule has 0 atom stereocenters. The van der Waals surface area contributed by atoms with Crippen molar-refractivity contribution in [2.45, 2.75) is 38.6 Å². The van der Waals surface area contributed by atoms with E-state index in [0.29, 0.717) is 0 Å². The molecule has 3 rings (SSSR count).